The topological polar surface area (TPSA) is 80.6 Å². The highest BCUT2D eigenvalue weighted by Crippen LogP contribution is 2.17. The van der Waals surface area contributed by atoms with Crippen molar-refractivity contribution in [2.45, 2.75) is 0 Å². The molecule has 3 rings (SSSR count). The third-order valence-electron chi connectivity index (χ3n) is 3.75. The van der Waals surface area contributed by atoms with Crippen LogP contribution in [0.4, 0.5) is 5.69 Å². The normalized spacial score (nSPS) is 11.0. The average Bonchev–Trinajstić information content (AvgIpc) is 3.23. The molecule has 0 bridgehead atoms. The molecule has 1 aromatic heterocycles. The summed E-state index contributed by atoms with van der Waals surface area (Å²) in [7, 11) is 1.57. The summed E-state index contributed by atoms with van der Waals surface area (Å²) in [4.78, 5) is 25.1. The number of ether oxygens (including phenoxy) is 1. The van der Waals surface area contributed by atoms with Crippen molar-refractivity contribution < 1.29 is 18.7 Å². The molecule has 28 heavy (non-hydrogen) atoms. The zero-order chi connectivity index (χ0) is 19.9. The van der Waals surface area contributed by atoms with Gasteiger partial charge in [0.2, 0.25) is 0 Å². The molecule has 2 N–H and O–H groups in total. The average molecular weight is 397 g/mol. The third kappa shape index (κ3) is 5.02. The maximum atomic E-state index is 12.8. The van der Waals surface area contributed by atoms with Crippen LogP contribution in [0.1, 0.15) is 16.1 Å². The van der Waals surface area contributed by atoms with Crippen LogP contribution in [0.25, 0.3) is 6.08 Å². The second-order valence-electron chi connectivity index (χ2n) is 5.73. The molecule has 1 heterocycles. The molecule has 0 saturated carbocycles. The van der Waals surface area contributed by atoms with Crippen molar-refractivity contribution >= 4 is 35.2 Å². The number of anilines is 1. The minimum Gasteiger partial charge on any atom is -0.497 e. The lowest BCUT2D eigenvalue weighted by Gasteiger charge is -2.11. The van der Waals surface area contributed by atoms with Crippen molar-refractivity contribution in [3.63, 3.8) is 0 Å². The van der Waals surface area contributed by atoms with Crippen molar-refractivity contribution in [2.75, 3.05) is 12.4 Å². The van der Waals surface area contributed by atoms with E-state index in [1.165, 1.54) is 12.3 Å². The molecule has 6 nitrogen and oxygen atoms in total. The van der Waals surface area contributed by atoms with Gasteiger partial charge < -0.3 is 19.8 Å². The predicted molar refractivity (Wildman–Crippen MR) is 107 cm³/mol. The van der Waals surface area contributed by atoms with Gasteiger partial charge in [0.25, 0.3) is 11.8 Å². The molecule has 3 aromatic rings. The quantitative estimate of drug-likeness (QED) is 0.607. The van der Waals surface area contributed by atoms with Crippen molar-refractivity contribution in [3.8, 4) is 5.75 Å². The minimum atomic E-state index is -0.536. The Morgan fingerprint density at radius 1 is 1.07 bits per heavy atom. The van der Waals surface area contributed by atoms with Gasteiger partial charge in [0.1, 0.15) is 11.4 Å². The standard InChI is InChI=1S/C21H17ClN2O4/c1-27-17-9-7-14(8-10-17)12-18(24-21(26)19-6-3-11-28-19)20(25)23-16-5-2-4-15(22)13-16/h2-13H,1H3,(H,23,25)(H,24,26)/b18-12-. The van der Waals surface area contributed by atoms with E-state index < -0.39 is 11.8 Å². The molecule has 7 heteroatoms. The number of nitrogens with one attached hydrogen (secondary N) is 2. The fraction of sp³-hybridized carbons (Fsp3) is 0.0476. The number of halogens is 1. The molecule has 0 fully saturated rings. The van der Waals surface area contributed by atoms with Gasteiger partial charge in [-0.15, -0.1) is 0 Å². The van der Waals surface area contributed by atoms with Gasteiger partial charge in [0.05, 0.1) is 13.4 Å². The number of hydrogen-bond acceptors (Lipinski definition) is 4. The van der Waals surface area contributed by atoms with E-state index in [-0.39, 0.29) is 11.5 Å². The van der Waals surface area contributed by atoms with Gasteiger partial charge in [-0.3, -0.25) is 9.59 Å². The summed E-state index contributed by atoms with van der Waals surface area (Å²) >= 11 is 5.96. The van der Waals surface area contributed by atoms with Gasteiger partial charge >= 0.3 is 0 Å². The minimum absolute atomic E-state index is 0.0477. The Balaban J connectivity index is 1.87. The van der Waals surface area contributed by atoms with Crippen LogP contribution in [-0.2, 0) is 4.79 Å². The van der Waals surface area contributed by atoms with Crippen molar-refractivity contribution in [1.29, 1.82) is 0 Å². The Labute approximate surface area is 166 Å². The molecule has 0 aliphatic heterocycles. The number of rotatable bonds is 6. The summed E-state index contributed by atoms with van der Waals surface area (Å²) in [5.74, 6) is -0.262. The SMILES string of the molecule is COc1ccc(/C=C(\NC(=O)c2ccco2)C(=O)Nc2cccc(Cl)c2)cc1. The van der Waals surface area contributed by atoms with E-state index in [0.717, 1.165) is 0 Å². The van der Waals surface area contributed by atoms with Crippen LogP contribution in [0.2, 0.25) is 5.02 Å². The molecule has 0 aliphatic rings. The molecule has 0 saturated heterocycles. The third-order valence-corrected chi connectivity index (χ3v) is 3.98. The van der Waals surface area contributed by atoms with Gasteiger partial charge in [0, 0.05) is 10.7 Å². The fourth-order valence-electron chi connectivity index (χ4n) is 2.38. The number of methoxy groups -OCH3 is 1. The van der Waals surface area contributed by atoms with Crippen LogP contribution in [0.3, 0.4) is 0 Å². The number of carbonyl (C=O) groups is 2. The largest absolute Gasteiger partial charge is 0.497 e. The van der Waals surface area contributed by atoms with E-state index >= 15 is 0 Å². The smallest absolute Gasteiger partial charge is 0.291 e. The second-order valence-corrected chi connectivity index (χ2v) is 6.16. The highest BCUT2D eigenvalue weighted by molar-refractivity contribution is 6.31. The first-order valence-corrected chi connectivity index (χ1v) is 8.70. The first-order valence-electron chi connectivity index (χ1n) is 8.32. The van der Waals surface area contributed by atoms with Crippen LogP contribution < -0.4 is 15.4 Å². The van der Waals surface area contributed by atoms with E-state index in [2.05, 4.69) is 10.6 Å². The van der Waals surface area contributed by atoms with E-state index in [1.54, 1.807) is 67.8 Å². The first-order chi connectivity index (χ1) is 13.5. The second kappa shape index (κ2) is 8.92. The van der Waals surface area contributed by atoms with Gasteiger partial charge in [-0.1, -0.05) is 29.8 Å². The van der Waals surface area contributed by atoms with Crippen molar-refractivity contribution in [2.24, 2.45) is 0 Å². The van der Waals surface area contributed by atoms with E-state index in [0.29, 0.717) is 22.0 Å². The highest BCUT2D eigenvalue weighted by Gasteiger charge is 2.16. The highest BCUT2D eigenvalue weighted by atomic mass is 35.5. The van der Waals surface area contributed by atoms with E-state index in [9.17, 15) is 9.59 Å². The maximum absolute atomic E-state index is 12.8. The Morgan fingerprint density at radius 2 is 1.86 bits per heavy atom. The number of carbonyl (C=O) groups excluding carboxylic acids is 2. The molecule has 0 radical (unpaired) electrons. The van der Waals surface area contributed by atoms with E-state index in [1.807, 2.05) is 0 Å². The van der Waals surface area contributed by atoms with Crippen LogP contribution in [0, 0.1) is 0 Å². The lowest BCUT2D eigenvalue weighted by Crippen LogP contribution is -2.30. The van der Waals surface area contributed by atoms with Gasteiger partial charge in [0.15, 0.2) is 5.76 Å². The molecular formula is C21H17ClN2O4. The van der Waals surface area contributed by atoms with Crippen molar-refractivity contribution in [1.82, 2.24) is 5.32 Å². The van der Waals surface area contributed by atoms with Crippen molar-refractivity contribution in [3.05, 3.63) is 89.0 Å². The summed E-state index contributed by atoms with van der Waals surface area (Å²) in [6.45, 7) is 0. The Bertz CT molecular complexity index is 996. The Hall–Kier alpha value is -3.51. The summed E-state index contributed by atoms with van der Waals surface area (Å²) in [6.07, 6.45) is 2.94. The summed E-state index contributed by atoms with van der Waals surface area (Å²) < 4.78 is 10.2. The van der Waals surface area contributed by atoms with E-state index in [4.69, 9.17) is 20.8 Å². The summed E-state index contributed by atoms with van der Waals surface area (Å²) in [5, 5.41) is 5.78. The monoisotopic (exact) mass is 396 g/mol. The van der Waals surface area contributed by atoms with Crippen LogP contribution in [0.5, 0.6) is 5.75 Å². The van der Waals surface area contributed by atoms with Gasteiger partial charge in [-0.25, -0.2) is 0 Å². The van der Waals surface area contributed by atoms with Gasteiger partial charge in [-0.05, 0) is 54.1 Å². The predicted octanol–water partition coefficient (Wildman–Crippen LogP) is 4.35. The molecule has 2 amide bonds. The van der Waals surface area contributed by atoms with Gasteiger partial charge in [-0.2, -0.15) is 0 Å². The fourth-order valence-corrected chi connectivity index (χ4v) is 2.57. The Kier molecular flexibility index (Phi) is 6.14. The number of hydrogen-bond donors (Lipinski definition) is 2. The summed E-state index contributed by atoms with van der Waals surface area (Å²) in [5.41, 5.74) is 1.26. The molecule has 0 atom stereocenters. The number of furan rings is 1. The molecular weight excluding hydrogens is 380 g/mol. The molecule has 0 aliphatic carbocycles. The molecule has 0 spiro atoms. The lowest BCUT2D eigenvalue weighted by atomic mass is 10.1. The molecule has 142 valence electrons. The Morgan fingerprint density at radius 3 is 2.50 bits per heavy atom. The molecule has 0 unspecified atom stereocenters. The van der Waals surface area contributed by atoms with Crippen LogP contribution >= 0.6 is 11.6 Å². The zero-order valence-electron chi connectivity index (χ0n) is 14.9. The van der Waals surface area contributed by atoms with Crippen LogP contribution in [-0.4, -0.2) is 18.9 Å². The van der Waals surface area contributed by atoms with Crippen LogP contribution in [0.15, 0.2) is 77.0 Å². The maximum Gasteiger partial charge on any atom is 0.291 e. The first kappa shape index (κ1) is 19.3. The lowest BCUT2D eigenvalue weighted by molar-refractivity contribution is -0.113. The summed E-state index contributed by atoms with van der Waals surface area (Å²) in [6, 6.07) is 16.9. The molecule has 2 aromatic carbocycles. The number of amides is 2. The number of benzene rings is 2. The zero-order valence-corrected chi connectivity index (χ0v) is 15.7.